The lowest BCUT2D eigenvalue weighted by Crippen LogP contribution is -2.46. The number of carbonyl (C=O) groups is 3. The van der Waals surface area contributed by atoms with E-state index in [9.17, 15) is 14.4 Å². The zero-order valence-corrected chi connectivity index (χ0v) is 20.9. The molecule has 0 saturated carbocycles. The van der Waals surface area contributed by atoms with Crippen LogP contribution in [0.15, 0.2) is 47.6 Å². The second-order valence-electron chi connectivity index (χ2n) is 7.90. The van der Waals surface area contributed by atoms with Crippen molar-refractivity contribution in [2.75, 3.05) is 20.3 Å². The largest absolute Gasteiger partial charge is 0.490 e. The van der Waals surface area contributed by atoms with E-state index in [1.165, 1.54) is 13.3 Å². The van der Waals surface area contributed by atoms with Gasteiger partial charge in [-0.2, -0.15) is 5.10 Å². The van der Waals surface area contributed by atoms with Crippen molar-refractivity contribution in [3.05, 3.63) is 58.6 Å². The van der Waals surface area contributed by atoms with Crippen molar-refractivity contribution in [2.24, 2.45) is 11.0 Å². The molecule has 0 saturated heterocycles. The van der Waals surface area contributed by atoms with Crippen LogP contribution < -0.4 is 20.2 Å². The number of esters is 1. The Morgan fingerprint density at radius 3 is 2.40 bits per heavy atom. The third kappa shape index (κ3) is 9.29. The summed E-state index contributed by atoms with van der Waals surface area (Å²) in [7, 11) is 1.28. The molecule has 2 aromatic carbocycles. The molecule has 1 unspecified atom stereocenters. The molecule has 2 N–H and O–H groups in total. The Labute approximate surface area is 209 Å². The lowest BCUT2D eigenvalue weighted by Gasteiger charge is -2.19. The van der Waals surface area contributed by atoms with Crippen LogP contribution in [0.5, 0.6) is 11.5 Å². The molecule has 0 radical (unpaired) electrons. The van der Waals surface area contributed by atoms with E-state index >= 15 is 0 Å². The summed E-state index contributed by atoms with van der Waals surface area (Å²) >= 11 is 5.87. The monoisotopic (exact) mass is 503 g/mol. The minimum atomic E-state index is -0.775. The van der Waals surface area contributed by atoms with E-state index in [1.54, 1.807) is 42.5 Å². The number of methoxy groups -OCH3 is 1. The average Bonchev–Trinajstić information content (AvgIpc) is 2.83. The number of nitrogens with zero attached hydrogens (tertiary/aromatic N) is 1. The van der Waals surface area contributed by atoms with Gasteiger partial charge in [0.1, 0.15) is 6.04 Å². The van der Waals surface area contributed by atoms with Crippen LogP contribution in [0.4, 0.5) is 0 Å². The lowest BCUT2D eigenvalue weighted by atomic mass is 10.0. The first-order valence-electron chi connectivity index (χ1n) is 11.1. The maximum Gasteiger partial charge on any atom is 0.343 e. The van der Waals surface area contributed by atoms with Gasteiger partial charge in [-0.25, -0.2) is 10.2 Å². The Hall–Kier alpha value is -3.59. The van der Waals surface area contributed by atoms with E-state index in [2.05, 4.69) is 20.6 Å². The first kappa shape index (κ1) is 27.7. The van der Waals surface area contributed by atoms with Crippen LogP contribution in [-0.2, 0) is 14.3 Å². The molecule has 1 atom stereocenters. The maximum atomic E-state index is 12.7. The van der Waals surface area contributed by atoms with Gasteiger partial charge in [0.05, 0.1) is 19.9 Å². The highest BCUT2D eigenvalue weighted by Gasteiger charge is 2.22. The van der Waals surface area contributed by atoms with Crippen LogP contribution in [-0.4, -0.2) is 50.4 Å². The number of amides is 2. The highest BCUT2D eigenvalue weighted by molar-refractivity contribution is 6.30. The van der Waals surface area contributed by atoms with Crippen molar-refractivity contribution in [3.8, 4) is 11.5 Å². The summed E-state index contributed by atoms with van der Waals surface area (Å²) in [5, 5.41) is 7.28. The minimum Gasteiger partial charge on any atom is -0.490 e. The van der Waals surface area contributed by atoms with Gasteiger partial charge in [0.25, 0.3) is 11.8 Å². The molecule has 35 heavy (non-hydrogen) atoms. The van der Waals surface area contributed by atoms with Crippen LogP contribution >= 0.6 is 11.6 Å². The van der Waals surface area contributed by atoms with E-state index in [1.807, 2.05) is 20.8 Å². The van der Waals surface area contributed by atoms with E-state index in [0.29, 0.717) is 40.7 Å². The molecule has 0 aliphatic rings. The number of hydrogen-bond acceptors (Lipinski definition) is 7. The number of rotatable bonds is 12. The highest BCUT2D eigenvalue weighted by atomic mass is 35.5. The van der Waals surface area contributed by atoms with Gasteiger partial charge >= 0.3 is 5.97 Å². The summed E-state index contributed by atoms with van der Waals surface area (Å²) in [6.45, 7) is 5.86. The Bertz CT molecular complexity index is 1040. The molecule has 2 amide bonds. The minimum absolute atomic E-state index is 0.159. The quantitative estimate of drug-likeness (QED) is 0.260. The topological polar surface area (TPSA) is 115 Å². The number of carbonyl (C=O) groups excluding carboxylic acids is 3. The standard InChI is InChI=1S/C25H30ClN3O6/c1-5-34-22-13-17(6-11-21(22)35-15-23(30)33-4)14-27-29-25(32)20(12-16(2)3)28-24(31)18-7-9-19(26)10-8-18/h6-11,13-14,16,20H,5,12,15H2,1-4H3,(H,28,31)(H,29,32)/b27-14+. The Kier molecular flexibility index (Phi) is 11.0. The second kappa shape index (κ2) is 14.0. The van der Waals surface area contributed by atoms with Crippen molar-refractivity contribution < 1.29 is 28.6 Å². The average molecular weight is 504 g/mol. The van der Waals surface area contributed by atoms with Crippen molar-refractivity contribution in [3.63, 3.8) is 0 Å². The zero-order valence-electron chi connectivity index (χ0n) is 20.2. The Morgan fingerprint density at radius 2 is 1.77 bits per heavy atom. The fraction of sp³-hybridized carbons (Fsp3) is 0.360. The number of ether oxygens (including phenoxy) is 3. The van der Waals surface area contributed by atoms with Crippen molar-refractivity contribution in [1.29, 1.82) is 0 Å². The maximum absolute atomic E-state index is 12.7. The molecule has 0 bridgehead atoms. The molecular weight excluding hydrogens is 474 g/mol. The van der Waals surface area contributed by atoms with E-state index in [4.69, 9.17) is 21.1 Å². The normalized spacial score (nSPS) is 11.7. The molecule has 0 heterocycles. The third-order valence-electron chi connectivity index (χ3n) is 4.66. The molecule has 2 aromatic rings. The number of hydrazone groups is 1. The number of halogens is 1. The van der Waals surface area contributed by atoms with Gasteiger partial charge in [0.15, 0.2) is 18.1 Å². The molecule has 188 valence electrons. The number of benzene rings is 2. The molecular formula is C25H30ClN3O6. The first-order valence-corrected chi connectivity index (χ1v) is 11.5. The fourth-order valence-corrected chi connectivity index (χ4v) is 3.11. The second-order valence-corrected chi connectivity index (χ2v) is 8.34. The van der Waals surface area contributed by atoms with E-state index < -0.39 is 17.9 Å². The number of nitrogens with one attached hydrogen (secondary N) is 2. The van der Waals surface area contributed by atoms with Gasteiger partial charge in [-0.1, -0.05) is 25.4 Å². The summed E-state index contributed by atoms with van der Waals surface area (Å²) in [6.07, 6.45) is 1.87. The summed E-state index contributed by atoms with van der Waals surface area (Å²) in [4.78, 5) is 36.6. The van der Waals surface area contributed by atoms with Crippen LogP contribution in [0.2, 0.25) is 5.02 Å². The Morgan fingerprint density at radius 1 is 1.06 bits per heavy atom. The van der Waals surface area contributed by atoms with Gasteiger partial charge < -0.3 is 19.5 Å². The molecule has 0 aromatic heterocycles. The third-order valence-corrected chi connectivity index (χ3v) is 4.92. The van der Waals surface area contributed by atoms with Crippen LogP contribution in [0.25, 0.3) is 0 Å². The highest BCUT2D eigenvalue weighted by Crippen LogP contribution is 2.28. The molecule has 0 fully saturated rings. The molecule has 0 spiro atoms. The van der Waals surface area contributed by atoms with Gasteiger partial charge in [-0.3, -0.25) is 9.59 Å². The van der Waals surface area contributed by atoms with Crippen molar-refractivity contribution >= 4 is 35.6 Å². The van der Waals surface area contributed by atoms with Crippen LogP contribution in [0, 0.1) is 5.92 Å². The van der Waals surface area contributed by atoms with E-state index in [-0.39, 0.29) is 18.4 Å². The SMILES string of the molecule is CCOc1cc(/C=N/NC(=O)C(CC(C)C)NC(=O)c2ccc(Cl)cc2)ccc1OCC(=O)OC. The zero-order chi connectivity index (χ0) is 25.8. The molecule has 10 heteroatoms. The van der Waals surface area contributed by atoms with Gasteiger partial charge in [-0.15, -0.1) is 0 Å². The number of hydrogen-bond donors (Lipinski definition) is 2. The molecule has 0 aliphatic carbocycles. The van der Waals surface area contributed by atoms with Crippen LogP contribution in [0.3, 0.4) is 0 Å². The van der Waals surface area contributed by atoms with Crippen molar-refractivity contribution in [1.82, 2.24) is 10.7 Å². The van der Waals surface area contributed by atoms with Crippen LogP contribution in [0.1, 0.15) is 43.1 Å². The summed E-state index contributed by atoms with van der Waals surface area (Å²) < 4.78 is 15.6. The smallest absolute Gasteiger partial charge is 0.343 e. The summed E-state index contributed by atoms with van der Waals surface area (Å²) in [6, 6.07) is 10.6. The van der Waals surface area contributed by atoms with Gasteiger partial charge in [-0.05, 0) is 67.3 Å². The first-order chi connectivity index (χ1) is 16.7. The van der Waals surface area contributed by atoms with Gasteiger partial charge in [0, 0.05) is 10.6 Å². The van der Waals surface area contributed by atoms with Crippen molar-refractivity contribution in [2.45, 2.75) is 33.2 Å². The van der Waals surface area contributed by atoms with Gasteiger partial charge in [0.2, 0.25) is 0 Å². The fourth-order valence-electron chi connectivity index (χ4n) is 2.98. The molecule has 9 nitrogen and oxygen atoms in total. The Balaban J connectivity index is 2.06. The lowest BCUT2D eigenvalue weighted by molar-refractivity contribution is -0.142. The van der Waals surface area contributed by atoms with E-state index in [0.717, 1.165) is 0 Å². The molecule has 2 rings (SSSR count). The predicted molar refractivity (Wildman–Crippen MR) is 133 cm³/mol. The summed E-state index contributed by atoms with van der Waals surface area (Å²) in [5.41, 5.74) is 3.51. The molecule has 0 aliphatic heterocycles. The summed E-state index contributed by atoms with van der Waals surface area (Å²) in [5.74, 6) is -0.387. The predicted octanol–water partition coefficient (Wildman–Crippen LogP) is 3.59.